The highest BCUT2D eigenvalue weighted by molar-refractivity contribution is 6.64. The molecule has 0 spiro atoms. The van der Waals surface area contributed by atoms with Gasteiger partial charge in [0.2, 0.25) is 0 Å². The third kappa shape index (κ3) is 4.60. The van der Waals surface area contributed by atoms with Gasteiger partial charge in [0.25, 0.3) is 0 Å². The third-order valence-electron chi connectivity index (χ3n) is 4.43. The van der Waals surface area contributed by atoms with E-state index >= 15 is 0 Å². The molecule has 0 amide bonds. The van der Waals surface area contributed by atoms with E-state index < -0.39 is 25.6 Å². The van der Waals surface area contributed by atoms with E-state index in [0.717, 1.165) is 13.7 Å². The highest BCUT2D eigenvalue weighted by atomic mass is 28.4. The number of nitrogens with zero attached hydrogens (tertiary/aromatic N) is 3. The Morgan fingerprint density at radius 3 is 1.85 bits per heavy atom. The van der Waals surface area contributed by atoms with Gasteiger partial charge in [0.1, 0.15) is 0 Å². The second-order valence-electron chi connectivity index (χ2n) is 6.94. The number of rotatable bonds is 10. The van der Waals surface area contributed by atoms with Gasteiger partial charge < -0.3 is 18.3 Å². The molecule has 0 radical (unpaired) electrons. The lowest BCUT2D eigenvalue weighted by Gasteiger charge is -2.20. The molecule has 0 bridgehead atoms. The Morgan fingerprint density at radius 1 is 0.962 bits per heavy atom. The Hall–Kier alpha value is -1.53. The Labute approximate surface area is 151 Å². The molecule has 2 saturated heterocycles. The fourth-order valence-electron chi connectivity index (χ4n) is 2.54. The molecular weight excluding hydrogens is 362 g/mol. The molecule has 2 fully saturated rings. The van der Waals surface area contributed by atoms with E-state index in [1.807, 2.05) is 13.1 Å². The van der Waals surface area contributed by atoms with Crippen molar-refractivity contribution in [1.29, 1.82) is 0 Å². The third-order valence-corrected chi connectivity index (χ3v) is 6.31. The first-order chi connectivity index (χ1) is 12.3. The van der Waals surface area contributed by atoms with Crippen LogP contribution < -0.4 is 17.1 Å². The SMILES string of the molecule is CO[Si](C)(C)OCCCn1c(=O)n(CC2CO2)c(=O)n(CC2CO2)c1=O. The molecule has 2 unspecified atom stereocenters. The predicted octanol–water partition coefficient (Wildman–Crippen LogP) is -1.28. The smallest absolute Gasteiger partial charge is 0.336 e. The normalized spacial score (nSPS) is 21.8. The van der Waals surface area contributed by atoms with Gasteiger partial charge in [0.15, 0.2) is 0 Å². The monoisotopic (exact) mass is 387 g/mol. The maximum absolute atomic E-state index is 12.6. The van der Waals surface area contributed by atoms with E-state index in [4.69, 9.17) is 18.3 Å². The Kier molecular flexibility index (Phi) is 5.63. The van der Waals surface area contributed by atoms with Crippen LogP contribution >= 0.6 is 0 Å². The first-order valence-corrected chi connectivity index (χ1v) is 11.5. The second-order valence-corrected chi connectivity index (χ2v) is 10.4. The Bertz CT molecular complexity index is 768. The van der Waals surface area contributed by atoms with Crippen molar-refractivity contribution in [3.05, 3.63) is 31.5 Å². The molecule has 0 saturated carbocycles. The molecule has 1 aromatic rings. The van der Waals surface area contributed by atoms with Crippen molar-refractivity contribution in [3.63, 3.8) is 0 Å². The molecule has 2 aliphatic rings. The zero-order valence-corrected chi connectivity index (χ0v) is 16.3. The Balaban J connectivity index is 1.81. The van der Waals surface area contributed by atoms with Crippen molar-refractivity contribution >= 4 is 8.56 Å². The average Bonchev–Trinajstić information content (AvgIpc) is 3.50. The minimum absolute atomic E-state index is 0.145. The summed E-state index contributed by atoms with van der Waals surface area (Å²) in [5.74, 6) is 0. The highest BCUT2D eigenvalue weighted by Crippen LogP contribution is 2.10. The zero-order chi connectivity index (χ0) is 18.9. The van der Waals surface area contributed by atoms with Crippen LogP contribution in [0.3, 0.4) is 0 Å². The summed E-state index contributed by atoms with van der Waals surface area (Å²) < 4.78 is 24.5. The molecular formula is C15H25N3O7Si. The summed E-state index contributed by atoms with van der Waals surface area (Å²) >= 11 is 0. The first-order valence-electron chi connectivity index (χ1n) is 8.69. The van der Waals surface area contributed by atoms with Gasteiger partial charge in [-0.15, -0.1) is 0 Å². The van der Waals surface area contributed by atoms with Crippen LogP contribution in [0.15, 0.2) is 14.4 Å². The molecule has 2 aliphatic heterocycles. The molecule has 0 N–H and O–H groups in total. The van der Waals surface area contributed by atoms with E-state index in [0.29, 0.717) is 26.2 Å². The average molecular weight is 387 g/mol. The minimum atomic E-state index is -2.16. The van der Waals surface area contributed by atoms with Crippen molar-refractivity contribution in [2.45, 2.75) is 51.4 Å². The summed E-state index contributed by atoms with van der Waals surface area (Å²) in [6, 6.07) is 0. The molecule has 3 heterocycles. The van der Waals surface area contributed by atoms with Gasteiger partial charge in [-0.25, -0.2) is 28.1 Å². The minimum Gasteiger partial charge on any atom is -0.398 e. The number of ether oxygens (including phenoxy) is 2. The van der Waals surface area contributed by atoms with E-state index in [1.165, 1.54) is 0 Å². The van der Waals surface area contributed by atoms with Crippen molar-refractivity contribution in [2.75, 3.05) is 26.9 Å². The maximum Gasteiger partial charge on any atom is 0.336 e. The van der Waals surface area contributed by atoms with Gasteiger partial charge in [-0.05, 0) is 19.5 Å². The largest absolute Gasteiger partial charge is 0.398 e. The predicted molar refractivity (Wildman–Crippen MR) is 93.8 cm³/mol. The van der Waals surface area contributed by atoms with Crippen LogP contribution in [0.2, 0.25) is 13.1 Å². The summed E-state index contributed by atoms with van der Waals surface area (Å²) in [4.78, 5) is 37.8. The Morgan fingerprint density at radius 2 is 1.42 bits per heavy atom. The zero-order valence-electron chi connectivity index (χ0n) is 15.3. The van der Waals surface area contributed by atoms with Crippen molar-refractivity contribution in [3.8, 4) is 0 Å². The van der Waals surface area contributed by atoms with Crippen LogP contribution in [-0.4, -0.2) is 61.4 Å². The molecule has 146 valence electrons. The fraction of sp³-hybridized carbons (Fsp3) is 0.800. The van der Waals surface area contributed by atoms with Crippen LogP contribution in [-0.2, 0) is 38.0 Å². The first kappa shape index (κ1) is 19.2. The quantitative estimate of drug-likeness (QED) is 0.279. The summed E-state index contributed by atoms with van der Waals surface area (Å²) in [5, 5.41) is 0. The van der Waals surface area contributed by atoms with E-state index in [1.54, 1.807) is 7.11 Å². The van der Waals surface area contributed by atoms with E-state index in [-0.39, 0.29) is 31.8 Å². The topological polar surface area (TPSA) is 110 Å². The lowest BCUT2D eigenvalue weighted by Crippen LogP contribution is -2.55. The van der Waals surface area contributed by atoms with Gasteiger partial charge in [-0.3, -0.25) is 0 Å². The molecule has 26 heavy (non-hydrogen) atoms. The van der Waals surface area contributed by atoms with Crippen LogP contribution in [0.25, 0.3) is 0 Å². The van der Waals surface area contributed by atoms with Gasteiger partial charge >= 0.3 is 25.6 Å². The van der Waals surface area contributed by atoms with Gasteiger partial charge in [0, 0.05) is 20.3 Å². The lowest BCUT2D eigenvalue weighted by atomic mass is 10.4. The number of hydrogen-bond donors (Lipinski definition) is 0. The fourth-order valence-corrected chi connectivity index (χ4v) is 3.29. The molecule has 10 nitrogen and oxygen atoms in total. The summed E-state index contributed by atoms with van der Waals surface area (Å²) in [5.41, 5.74) is -1.81. The molecule has 0 aliphatic carbocycles. The highest BCUT2D eigenvalue weighted by Gasteiger charge is 2.29. The van der Waals surface area contributed by atoms with E-state index in [9.17, 15) is 14.4 Å². The van der Waals surface area contributed by atoms with Crippen molar-refractivity contribution < 1.29 is 18.3 Å². The lowest BCUT2D eigenvalue weighted by molar-refractivity contribution is 0.203. The molecule has 3 rings (SSSR count). The van der Waals surface area contributed by atoms with E-state index in [2.05, 4.69) is 0 Å². The molecule has 1 aromatic heterocycles. The van der Waals surface area contributed by atoms with Crippen LogP contribution in [0.5, 0.6) is 0 Å². The van der Waals surface area contributed by atoms with Gasteiger partial charge in [-0.2, -0.15) is 0 Å². The summed E-state index contributed by atoms with van der Waals surface area (Å²) in [6.45, 7) is 5.71. The van der Waals surface area contributed by atoms with Gasteiger partial charge in [-0.1, -0.05) is 0 Å². The van der Waals surface area contributed by atoms with Crippen LogP contribution in [0.4, 0.5) is 0 Å². The number of epoxide rings is 2. The molecule has 11 heteroatoms. The van der Waals surface area contributed by atoms with Gasteiger partial charge in [0.05, 0.1) is 38.5 Å². The number of aromatic nitrogens is 3. The van der Waals surface area contributed by atoms with Crippen molar-refractivity contribution in [2.24, 2.45) is 0 Å². The van der Waals surface area contributed by atoms with Crippen molar-refractivity contribution in [1.82, 2.24) is 13.7 Å². The van der Waals surface area contributed by atoms with Crippen LogP contribution in [0.1, 0.15) is 6.42 Å². The molecule has 0 aromatic carbocycles. The maximum atomic E-state index is 12.6. The van der Waals surface area contributed by atoms with Crippen LogP contribution in [0, 0.1) is 0 Å². The summed E-state index contributed by atoms with van der Waals surface area (Å²) in [7, 11) is -0.557. The molecule has 2 atom stereocenters. The standard InChI is InChI=1S/C15H25N3O7Si/c1-22-26(2,3)25-6-4-5-16-13(19)17(7-11-9-23-11)15(21)18(14(16)20)8-12-10-24-12/h11-12H,4-10H2,1-3H3. The summed E-state index contributed by atoms with van der Waals surface area (Å²) in [6.07, 6.45) is 0.176. The number of hydrogen-bond acceptors (Lipinski definition) is 7. The second kappa shape index (κ2) is 7.60.